The van der Waals surface area contributed by atoms with Crippen LogP contribution in [0.4, 0.5) is 0 Å². The molecular formula is C77H141N6O31P. The zero-order valence-corrected chi connectivity index (χ0v) is 68.7. The van der Waals surface area contributed by atoms with Crippen LogP contribution in [-0.4, -0.2) is 338 Å². The van der Waals surface area contributed by atoms with Gasteiger partial charge >= 0.3 is 0 Å². The Morgan fingerprint density at radius 1 is 0.304 bits per heavy atom. The largest absolute Gasteiger partial charge is 0.394 e. The van der Waals surface area contributed by atoms with Crippen LogP contribution in [0.3, 0.4) is 0 Å². The Kier molecular flexibility index (Phi) is 57.0. The van der Waals surface area contributed by atoms with Gasteiger partial charge in [-0.3, -0.25) is 42.9 Å². The first-order chi connectivity index (χ1) is 55.1. The van der Waals surface area contributed by atoms with Crippen molar-refractivity contribution in [3.8, 4) is 0 Å². The van der Waals surface area contributed by atoms with E-state index in [2.05, 4.69) is 31.9 Å². The summed E-state index contributed by atoms with van der Waals surface area (Å²) in [6.07, 6.45) is -3.15. The second-order valence-electron chi connectivity index (χ2n) is 30.2. The summed E-state index contributed by atoms with van der Waals surface area (Å²) in [6, 6.07) is 0. The number of ether oxygens (including phenoxy) is 9. The number of aliphatic hydroxyl groups is 12. The predicted octanol–water partition coefficient (Wildman–Crippen LogP) is -0.513. The Bertz CT molecular complexity index is 2500. The number of hydrogen-bond acceptors (Lipinski definition) is 31. The van der Waals surface area contributed by atoms with E-state index >= 15 is 0 Å². The molecule has 3 aliphatic rings. The van der Waals surface area contributed by atoms with Crippen molar-refractivity contribution in [2.75, 3.05) is 132 Å². The SMILES string of the molecule is CP(C)(=O)OCCCCCCCC(=O)CCCCCCCCCCC(=O)NC(COCCC(=O)NCCCCC(=O)CCCCO[C@H]1OC(CO)[C@@H](O)[C@H](O)C1O)(COCCC(=O)NCCCNC(=O)CCCCO[C@H]1OC(CO)[C@@H](O)[C@H](O)C1O)COCCC(=O)NCCCNC(=O)CCCCO[C@H]1OC(CO)[C@@H](O)[C@H](O)C1O. The van der Waals surface area contributed by atoms with Crippen molar-refractivity contribution < 1.29 is 151 Å². The molecule has 0 radical (unpaired) electrons. The highest BCUT2D eigenvalue weighted by Crippen LogP contribution is 2.37. The lowest BCUT2D eigenvalue weighted by atomic mass is 9.99. The lowest BCUT2D eigenvalue weighted by Crippen LogP contribution is -2.59. The van der Waals surface area contributed by atoms with Gasteiger partial charge in [-0.2, -0.15) is 0 Å². The number of unbranched alkanes of at least 4 members (excludes halogenated alkanes) is 15. The fourth-order valence-electron chi connectivity index (χ4n) is 12.7. The molecule has 37 nitrogen and oxygen atoms in total. The van der Waals surface area contributed by atoms with Gasteiger partial charge in [0.25, 0.3) is 0 Å². The molecule has 115 heavy (non-hydrogen) atoms. The van der Waals surface area contributed by atoms with Gasteiger partial charge in [-0.1, -0.05) is 57.8 Å². The molecule has 0 aromatic rings. The number of rotatable bonds is 70. The highest BCUT2D eigenvalue weighted by Gasteiger charge is 2.46. The lowest BCUT2D eigenvalue weighted by molar-refractivity contribution is -0.301. The third-order valence-corrected chi connectivity index (χ3v) is 20.4. The van der Waals surface area contributed by atoms with Gasteiger partial charge in [-0.15, -0.1) is 0 Å². The maximum Gasteiger partial charge on any atom is 0.222 e. The van der Waals surface area contributed by atoms with Crippen LogP contribution in [-0.2, 0) is 90.1 Å². The maximum absolute atomic E-state index is 14.0. The smallest absolute Gasteiger partial charge is 0.222 e. The average Bonchev–Trinajstić information content (AvgIpc) is 0.773. The third kappa shape index (κ3) is 47.3. The van der Waals surface area contributed by atoms with Crippen molar-refractivity contribution in [3.63, 3.8) is 0 Å². The Morgan fingerprint density at radius 2 is 0.565 bits per heavy atom. The summed E-state index contributed by atoms with van der Waals surface area (Å²) in [7, 11) is -2.46. The topological polar surface area (TPSA) is 561 Å². The minimum absolute atomic E-state index is 0.00528. The molecule has 3 saturated heterocycles. The van der Waals surface area contributed by atoms with Crippen LogP contribution in [0.5, 0.6) is 0 Å². The fourth-order valence-corrected chi connectivity index (χ4v) is 13.2. The molecule has 0 spiro atoms. The molecule has 6 amide bonds. The number of carbonyl (C=O) groups is 8. The molecule has 0 aromatic carbocycles. The summed E-state index contributed by atoms with van der Waals surface area (Å²) in [6.45, 7) is 2.42. The molecule has 3 fully saturated rings. The Morgan fingerprint density at radius 3 is 0.896 bits per heavy atom. The number of Topliss-reactive ketones (excluding diaryl/α,β-unsaturated/α-hetero) is 2. The van der Waals surface area contributed by atoms with E-state index in [0.717, 1.165) is 77.0 Å². The number of amides is 6. The number of carbonyl (C=O) groups excluding carboxylic acids is 8. The number of ketones is 2. The van der Waals surface area contributed by atoms with Gasteiger partial charge in [0.15, 0.2) is 26.2 Å². The predicted molar refractivity (Wildman–Crippen MR) is 415 cm³/mol. The molecule has 0 aromatic heterocycles. The molecule has 670 valence electrons. The molecule has 3 heterocycles. The van der Waals surface area contributed by atoms with Crippen LogP contribution in [0.1, 0.15) is 212 Å². The van der Waals surface area contributed by atoms with Crippen molar-refractivity contribution in [1.29, 1.82) is 0 Å². The maximum atomic E-state index is 14.0. The van der Waals surface area contributed by atoms with Crippen LogP contribution >= 0.6 is 7.37 Å². The Labute approximate surface area is 676 Å². The van der Waals surface area contributed by atoms with Crippen LogP contribution in [0.25, 0.3) is 0 Å². The molecule has 0 bridgehead atoms. The Hall–Kier alpha value is -4.49. The first kappa shape index (κ1) is 105. The third-order valence-electron chi connectivity index (χ3n) is 19.6. The number of nitrogens with one attached hydrogen (secondary N) is 6. The van der Waals surface area contributed by atoms with E-state index in [0.29, 0.717) is 90.1 Å². The zero-order valence-electron chi connectivity index (χ0n) is 67.8. The molecular weight excluding hydrogens is 1540 g/mol. The van der Waals surface area contributed by atoms with Crippen molar-refractivity contribution in [1.82, 2.24) is 31.9 Å². The van der Waals surface area contributed by atoms with Gasteiger partial charge in [0.05, 0.1) is 66.1 Å². The van der Waals surface area contributed by atoms with E-state index in [9.17, 15) is 104 Å². The van der Waals surface area contributed by atoms with Crippen LogP contribution in [0, 0.1) is 0 Å². The molecule has 15 atom stereocenters. The van der Waals surface area contributed by atoms with E-state index < -0.39 is 125 Å². The van der Waals surface area contributed by atoms with Crippen LogP contribution in [0.2, 0.25) is 0 Å². The van der Waals surface area contributed by atoms with E-state index in [-0.39, 0.29) is 191 Å². The minimum Gasteiger partial charge on any atom is -0.394 e. The minimum atomic E-state index is -2.46. The number of aliphatic hydroxyl groups excluding tert-OH is 12. The molecule has 0 aliphatic carbocycles. The monoisotopic (exact) mass is 1680 g/mol. The van der Waals surface area contributed by atoms with E-state index in [1.54, 1.807) is 13.3 Å². The van der Waals surface area contributed by atoms with Crippen molar-refractivity contribution in [2.45, 2.75) is 310 Å². The van der Waals surface area contributed by atoms with E-state index in [4.69, 9.17) is 47.2 Å². The van der Waals surface area contributed by atoms with Gasteiger partial charge in [0.1, 0.15) is 90.4 Å². The molecule has 38 heteroatoms. The quantitative estimate of drug-likeness (QED) is 0.0269. The average molecular weight is 1680 g/mol. The zero-order chi connectivity index (χ0) is 84.7. The van der Waals surface area contributed by atoms with E-state index in [1.165, 1.54) is 0 Å². The van der Waals surface area contributed by atoms with Gasteiger partial charge in [0.2, 0.25) is 35.4 Å². The second-order valence-corrected chi connectivity index (χ2v) is 33.0. The van der Waals surface area contributed by atoms with Crippen molar-refractivity contribution in [2.24, 2.45) is 0 Å². The van der Waals surface area contributed by atoms with Gasteiger partial charge in [-0.25, -0.2) is 0 Å². The standard InChI is InChI=1S/C77H141N6O31P/c1-115(2,104)111-44-20-11-7-9-13-27-54(87)26-12-8-5-3-4-6-10-14-32-64(94)83-77(51-105-45-33-61(91)78-36-19-15-28-55(88)29-16-21-41-108-74-71(101)68(98)65(95)56(48-84)112-74,52-106-46-34-62(92)81-39-24-37-79-59(89)30-17-22-42-109-75-72(102)69(99)66(96)57(49-85)113-75)53-107-47-35-63(93)82-40-25-38-80-60(90)31-18-23-43-110-76-73(103)70(100)67(97)58(50-86)114-76/h56-58,65-76,84-86,95-103H,3-53H2,1-2H3,(H,78,91)(H,79,89)(H,80,90)(H,81,92)(H,82,93)(H,83,94)/t56?,57?,58?,65-,66-,67-,68+,69+,70+,71?,72?,73?,74+,75+,76+,77?/m1/s1. The van der Waals surface area contributed by atoms with Crippen molar-refractivity contribution >= 4 is 54.4 Å². The molecule has 3 rings (SSSR count). The van der Waals surface area contributed by atoms with Crippen molar-refractivity contribution in [3.05, 3.63) is 0 Å². The van der Waals surface area contributed by atoms with Gasteiger partial charge < -0.3 is 140 Å². The van der Waals surface area contributed by atoms with Gasteiger partial charge in [0, 0.05) is 130 Å². The summed E-state index contributed by atoms with van der Waals surface area (Å²) in [5.74, 6) is -1.60. The van der Waals surface area contributed by atoms with E-state index in [1.807, 2.05) is 0 Å². The fraction of sp³-hybridized carbons (Fsp3) is 0.896. The summed E-state index contributed by atoms with van der Waals surface area (Å²) in [5, 5.41) is 136. The lowest BCUT2D eigenvalue weighted by Gasteiger charge is -2.39. The highest BCUT2D eigenvalue weighted by molar-refractivity contribution is 7.57. The second kappa shape index (κ2) is 62.6. The molecule has 6 unspecified atom stereocenters. The normalized spacial score (nSPS) is 24.2. The van der Waals surface area contributed by atoms with Gasteiger partial charge in [-0.05, 0) is 89.9 Å². The molecule has 18 N–H and O–H groups in total. The Balaban J connectivity index is 1.54. The summed E-state index contributed by atoms with van der Waals surface area (Å²) in [5.41, 5.74) is -1.40. The molecule has 0 saturated carbocycles. The molecule has 3 aliphatic heterocycles. The summed E-state index contributed by atoms with van der Waals surface area (Å²) in [4.78, 5) is 103. The summed E-state index contributed by atoms with van der Waals surface area (Å²) >= 11 is 0. The highest BCUT2D eigenvalue weighted by atomic mass is 31.2. The summed E-state index contributed by atoms with van der Waals surface area (Å²) < 4.78 is 67.9. The first-order valence-corrected chi connectivity index (χ1v) is 44.0. The van der Waals surface area contributed by atoms with Crippen LogP contribution < -0.4 is 31.9 Å². The first-order valence-electron chi connectivity index (χ1n) is 41.5. The number of hydrogen-bond donors (Lipinski definition) is 18. The van der Waals surface area contributed by atoms with Crippen LogP contribution in [0.15, 0.2) is 0 Å².